The summed E-state index contributed by atoms with van der Waals surface area (Å²) in [6.45, 7) is 3.76. The summed E-state index contributed by atoms with van der Waals surface area (Å²) in [4.78, 5) is 19.3. The fourth-order valence-electron chi connectivity index (χ4n) is 4.04. The van der Waals surface area contributed by atoms with Crippen LogP contribution < -0.4 is 5.32 Å². The molecule has 2 aliphatic heterocycles. The van der Waals surface area contributed by atoms with Crippen LogP contribution in [0.4, 0.5) is 0 Å². The third-order valence-corrected chi connectivity index (χ3v) is 5.69. The van der Waals surface area contributed by atoms with E-state index in [9.17, 15) is 4.79 Å². The molecule has 0 bridgehead atoms. The van der Waals surface area contributed by atoms with Crippen molar-refractivity contribution in [2.45, 2.75) is 38.0 Å². The summed E-state index contributed by atoms with van der Waals surface area (Å²) >= 11 is 0. The Hall–Kier alpha value is -2.21. The first kappa shape index (κ1) is 17.2. The highest BCUT2D eigenvalue weighted by atomic mass is 16.2. The van der Waals surface area contributed by atoms with Crippen molar-refractivity contribution in [1.29, 1.82) is 0 Å². The molecule has 0 spiro atoms. The molecule has 138 valence electrons. The van der Waals surface area contributed by atoms with Crippen LogP contribution in [0.5, 0.6) is 0 Å². The highest BCUT2D eigenvalue weighted by Crippen LogP contribution is 2.28. The van der Waals surface area contributed by atoms with Crippen molar-refractivity contribution < 1.29 is 4.79 Å². The second-order valence-corrected chi connectivity index (χ2v) is 7.46. The zero-order valence-corrected chi connectivity index (χ0v) is 15.2. The van der Waals surface area contributed by atoms with Crippen molar-refractivity contribution >= 4 is 5.91 Å². The third kappa shape index (κ3) is 3.96. The summed E-state index contributed by atoms with van der Waals surface area (Å²) in [5, 5.41) is 10.8. The quantitative estimate of drug-likeness (QED) is 0.886. The summed E-state index contributed by atoms with van der Waals surface area (Å²) < 4.78 is 0. The zero-order chi connectivity index (χ0) is 17.8. The lowest BCUT2D eigenvalue weighted by Crippen LogP contribution is -2.40. The highest BCUT2D eigenvalue weighted by molar-refractivity contribution is 5.76. The number of hydrogen-bond acceptors (Lipinski definition) is 4. The standard InChI is InChI=1S/C20H27N5O/c26-18(14-15-6-10-21-11-7-15)25-12-8-17(9-13-25)20-22-19(23-24-20)16-4-2-1-3-5-16/h1-5,15,17,21H,6-14H2,(H,22,23,24). The number of nitrogens with zero attached hydrogens (tertiary/aromatic N) is 3. The maximum atomic E-state index is 12.6. The largest absolute Gasteiger partial charge is 0.343 e. The molecule has 1 aromatic heterocycles. The van der Waals surface area contributed by atoms with E-state index < -0.39 is 0 Å². The van der Waals surface area contributed by atoms with Crippen molar-refractivity contribution in [3.05, 3.63) is 36.2 Å². The van der Waals surface area contributed by atoms with Gasteiger partial charge < -0.3 is 10.2 Å². The Labute approximate surface area is 154 Å². The van der Waals surface area contributed by atoms with Crippen LogP contribution in [0.1, 0.15) is 43.8 Å². The number of rotatable bonds is 4. The summed E-state index contributed by atoms with van der Waals surface area (Å²) in [7, 11) is 0. The van der Waals surface area contributed by atoms with Crippen LogP contribution in [-0.2, 0) is 4.79 Å². The van der Waals surface area contributed by atoms with E-state index in [1.807, 2.05) is 35.2 Å². The number of nitrogens with one attached hydrogen (secondary N) is 2. The lowest BCUT2D eigenvalue weighted by Gasteiger charge is -2.32. The molecule has 1 aromatic carbocycles. The fourth-order valence-corrected chi connectivity index (χ4v) is 4.04. The van der Waals surface area contributed by atoms with Gasteiger partial charge in [0.1, 0.15) is 5.82 Å². The smallest absolute Gasteiger partial charge is 0.222 e. The van der Waals surface area contributed by atoms with Crippen LogP contribution in [-0.4, -0.2) is 52.2 Å². The molecule has 2 N–H and O–H groups in total. The maximum absolute atomic E-state index is 12.6. The second-order valence-electron chi connectivity index (χ2n) is 7.46. The molecule has 3 heterocycles. The fraction of sp³-hybridized carbons (Fsp3) is 0.550. The van der Waals surface area contributed by atoms with Crippen LogP contribution in [0.25, 0.3) is 11.4 Å². The van der Waals surface area contributed by atoms with E-state index in [2.05, 4.69) is 15.5 Å². The summed E-state index contributed by atoms with van der Waals surface area (Å²) in [6, 6.07) is 10.0. The Balaban J connectivity index is 1.31. The number of amides is 1. The van der Waals surface area contributed by atoms with Crippen LogP contribution >= 0.6 is 0 Å². The van der Waals surface area contributed by atoms with Crippen molar-refractivity contribution in [2.24, 2.45) is 5.92 Å². The Kier molecular flexibility index (Phi) is 5.29. The lowest BCUT2D eigenvalue weighted by atomic mass is 9.92. The number of aromatic amines is 1. The molecule has 2 aliphatic rings. The van der Waals surface area contributed by atoms with E-state index in [0.717, 1.165) is 69.1 Å². The van der Waals surface area contributed by atoms with Gasteiger partial charge in [-0.3, -0.25) is 9.89 Å². The van der Waals surface area contributed by atoms with E-state index in [0.29, 0.717) is 24.2 Å². The minimum Gasteiger partial charge on any atom is -0.343 e. The third-order valence-electron chi connectivity index (χ3n) is 5.69. The number of carbonyl (C=O) groups is 1. The molecule has 0 atom stereocenters. The summed E-state index contributed by atoms with van der Waals surface area (Å²) in [6.07, 6.45) is 4.89. The molecule has 6 nitrogen and oxygen atoms in total. The van der Waals surface area contributed by atoms with E-state index in [1.165, 1.54) is 0 Å². The number of H-pyrrole nitrogens is 1. The van der Waals surface area contributed by atoms with Gasteiger partial charge in [0.15, 0.2) is 5.82 Å². The summed E-state index contributed by atoms with van der Waals surface area (Å²) in [5.41, 5.74) is 1.03. The number of piperidine rings is 2. The Morgan fingerprint density at radius 1 is 1.08 bits per heavy atom. The van der Waals surface area contributed by atoms with E-state index in [1.54, 1.807) is 0 Å². The monoisotopic (exact) mass is 353 g/mol. The molecule has 6 heteroatoms. The van der Waals surface area contributed by atoms with Crippen LogP contribution in [0.2, 0.25) is 0 Å². The number of carbonyl (C=O) groups excluding carboxylic acids is 1. The SMILES string of the molecule is O=C(CC1CCNCC1)N1CCC(c2nc(-c3ccccc3)n[nH]2)CC1. The van der Waals surface area contributed by atoms with Gasteiger partial charge >= 0.3 is 0 Å². The molecule has 0 aliphatic carbocycles. The number of benzene rings is 1. The average molecular weight is 353 g/mol. The number of likely N-dealkylation sites (tertiary alicyclic amines) is 1. The zero-order valence-electron chi connectivity index (χ0n) is 15.2. The Morgan fingerprint density at radius 3 is 2.54 bits per heavy atom. The molecule has 4 rings (SSSR count). The van der Waals surface area contributed by atoms with Gasteiger partial charge in [0.2, 0.25) is 5.91 Å². The van der Waals surface area contributed by atoms with E-state index >= 15 is 0 Å². The summed E-state index contributed by atoms with van der Waals surface area (Å²) in [5.74, 6) is 2.96. The molecule has 26 heavy (non-hydrogen) atoms. The predicted molar refractivity (Wildman–Crippen MR) is 101 cm³/mol. The first-order chi connectivity index (χ1) is 12.8. The van der Waals surface area contributed by atoms with Crippen molar-refractivity contribution in [3.8, 4) is 11.4 Å². The normalized spacial score (nSPS) is 19.6. The Bertz CT molecular complexity index is 715. The topological polar surface area (TPSA) is 73.9 Å². The van der Waals surface area contributed by atoms with Gasteiger partial charge in [-0.15, -0.1) is 0 Å². The molecular weight excluding hydrogens is 326 g/mol. The van der Waals surface area contributed by atoms with Crippen molar-refractivity contribution in [1.82, 2.24) is 25.4 Å². The van der Waals surface area contributed by atoms with Crippen molar-refractivity contribution in [2.75, 3.05) is 26.2 Å². The number of aromatic nitrogens is 3. The average Bonchev–Trinajstić information content (AvgIpc) is 3.20. The highest BCUT2D eigenvalue weighted by Gasteiger charge is 2.27. The van der Waals surface area contributed by atoms with Gasteiger partial charge in [0.05, 0.1) is 0 Å². The van der Waals surface area contributed by atoms with E-state index in [-0.39, 0.29) is 0 Å². The van der Waals surface area contributed by atoms with Crippen LogP contribution in [0.15, 0.2) is 30.3 Å². The molecule has 1 amide bonds. The molecule has 2 fully saturated rings. The molecular formula is C20H27N5O. The minimum absolute atomic E-state index is 0.331. The first-order valence-corrected chi connectivity index (χ1v) is 9.76. The minimum atomic E-state index is 0.331. The van der Waals surface area contributed by atoms with Gasteiger partial charge in [-0.2, -0.15) is 5.10 Å². The van der Waals surface area contributed by atoms with Crippen molar-refractivity contribution in [3.63, 3.8) is 0 Å². The van der Waals surface area contributed by atoms with Gasteiger partial charge in [-0.25, -0.2) is 4.98 Å². The molecule has 0 radical (unpaired) electrons. The van der Waals surface area contributed by atoms with Crippen LogP contribution in [0.3, 0.4) is 0 Å². The molecule has 2 aromatic rings. The molecule has 0 unspecified atom stereocenters. The van der Waals surface area contributed by atoms with E-state index in [4.69, 9.17) is 4.98 Å². The number of hydrogen-bond donors (Lipinski definition) is 2. The van der Waals surface area contributed by atoms with Crippen LogP contribution in [0, 0.1) is 5.92 Å². The first-order valence-electron chi connectivity index (χ1n) is 9.76. The van der Waals surface area contributed by atoms with Gasteiger partial charge in [-0.1, -0.05) is 30.3 Å². The van der Waals surface area contributed by atoms with Gasteiger partial charge in [0.25, 0.3) is 0 Å². The molecule has 2 saturated heterocycles. The maximum Gasteiger partial charge on any atom is 0.222 e. The predicted octanol–water partition coefficient (Wildman–Crippen LogP) is 2.57. The lowest BCUT2D eigenvalue weighted by molar-refractivity contribution is -0.133. The molecule has 0 saturated carbocycles. The second kappa shape index (κ2) is 7.99. The Morgan fingerprint density at radius 2 is 1.81 bits per heavy atom. The van der Waals surface area contributed by atoms with Gasteiger partial charge in [0, 0.05) is 31.0 Å². The van der Waals surface area contributed by atoms with Gasteiger partial charge in [-0.05, 0) is 44.7 Å².